The molecule has 1 N–H and O–H groups in total. The summed E-state index contributed by atoms with van der Waals surface area (Å²) in [7, 11) is 1.57. The molecule has 6 heteroatoms. The number of ether oxygens (including phenoxy) is 4. The Morgan fingerprint density at radius 3 is 2.55 bits per heavy atom. The van der Waals surface area contributed by atoms with Crippen molar-refractivity contribution in [1.29, 1.82) is 0 Å². The molecule has 0 fully saturated rings. The van der Waals surface area contributed by atoms with Crippen LogP contribution in [0.5, 0.6) is 23.0 Å². The van der Waals surface area contributed by atoms with Crippen LogP contribution >= 0.6 is 0 Å². The standard InChI is InChI=1S/C23H29NO5/c1-5-6-11-27-18-9-7-16(14-20(18)26-4)22(25)24-23(2,3)17-8-10-19-21(15-17)29-13-12-28-19/h7-10,14-15H,5-6,11-13H2,1-4H3,(H,24,25). The highest BCUT2D eigenvalue weighted by atomic mass is 16.6. The number of hydrogen-bond donors (Lipinski definition) is 1. The number of benzene rings is 2. The molecule has 0 saturated heterocycles. The lowest BCUT2D eigenvalue weighted by Gasteiger charge is -2.29. The third kappa shape index (κ3) is 4.94. The second-order valence-electron chi connectivity index (χ2n) is 7.51. The summed E-state index contributed by atoms with van der Waals surface area (Å²) in [6.07, 6.45) is 2.02. The van der Waals surface area contributed by atoms with E-state index >= 15 is 0 Å². The molecule has 2 aromatic carbocycles. The minimum absolute atomic E-state index is 0.191. The molecule has 0 bridgehead atoms. The first-order chi connectivity index (χ1) is 13.9. The zero-order valence-electron chi connectivity index (χ0n) is 17.5. The third-order valence-corrected chi connectivity index (χ3v) is 4.87. The lowest BCUT2D eigenvalue weighted by atomic mass is 9.93. The van der Waals surface area contributed by atoms with E-state index in [4.69, 9.17) is 18.9 Å². The molecule has 1 aliphatic heterocycles. The Morgan fingerprint density at radius 2 is 1.83 bits per heavy atom. The van der Waals surface area contributed by atoms with E-state index in [1.165, 1.54) is 0 Å². The van der Waals surface area contributed by atoms with Gasteiger partial charge in [-0.05, 0) is 56.2 Å². The Morgan fingerprint density at radius 1 is 1.07 bits per heavy atom. The molecule has 3 rings (SSSR count). The average Bonchev–Trinajstić information content (AvgIpc) is 2.73. The van der Waals surface area contributed by atoms with Crippen molar-refractivity contribution in [3.63, 3.8) is 0 Å². The van der Waals surface area contributed by atoms with Gasteiger partial charge in [0.05, 0.1) is 19.3 Å². The summed E-state index contributed by atoms with van der Waals surface area (Å²) in [5, 5.41) is 3.09. The van der Waals surface area contributed by atoms with Crippen molar-refractivity contribution in [1.82, 2.24) is 5.32 Å². The minimum Gasteiger partial charge on any atom is -0.493 e. The molecule has 0 saturated carbocycles. The van der Waals surface area contributed by atoms with Gasteiger partial charge in [-0.3, -0.25) is 4.79 Å². The van der Waals surface area contributed by atoms with Gasteiger partial charge >= 0.3 is 0 Å². The first-order valence-corrected chi connectivity index (χ1v) is 9.98. The second kappa shape index (κ2) is 9.07. The van der Waals surface area contributed by atoms with Crippen LogP contribution in [0, 0.1) is 0 Å². The fraction of sp³-hybridized carbons (Fsp3) is 0.435. The van der Waals surface area contributed by atoms with Crippen molar-refractivity contribution in [2.45, 2.75) is 39.2 Å². The number of unbranched alkanes of at least 4 members (excludes halogenated alkanes) is 1. The maximum absolute atomic E-state index is 12.9. The van der Waals surface area contributed by atoms with Crippen LogP contribution in [0.3, 0.4) is 0 Å². The zero-order chi connectivity index (χ0) is 20.9. The average molecular weight is 399 g/mol. The first kappa shape index (κ1) is 20.8. The van der Waals surface area contributed by atoms with Gasteiger partial charge in [-0.15, -0.1) is 0 Å². The first-order valence-electron chi connectivity index (χ1n) is 9.98. The summed E-state index contributed by atoms with van der Waals surface area (Å²) in [6.45, 7) is 7.71. The van der Waals surface area contributed by atoms with Crippen molar-refractivity contribution in [3.8, 4) is 23.0 Å². The minimum atomic E-state index is -0.601. The van der Waals surface area contributed by atoms with Gasteiger partial charge in [-0.2, -0.15) is 0 Å². The number of fused-ring (bicyclic) bond motifs is 1. The lowest BCUT2D eigenvalue weighted by Crippen LogP contribution is -2.41. The summed E-state index contributed by atoms with van der Waals surface area (Å²) in [4.78, 5) is 12.9. The van der Waals surface area contributed by atoms with Crippen LogP contribution in [0.1, 0.15) is 49.5 Å². The Hall–Kier alpha value is -2.89. The van der Waals surface area contributed by atoms with Crippen LogP contribution in [0.2, 0.25) is 0 Å². The predicted molar refractivity (Wildman–Crippen MR) is 111 cm³/mol. The molecular weight excluding hydrogens is 370 g/mol. The highest BCUT2D eigenvalue weighted by Crippen LogP contribution is 2.34. The normalized spacial score (nSPS) is 13.0. The molecule has 0 aliphatic carbocycles. The highest BCUT2D eigenvalue weighted by molar-refractivity contribution is 5.95. The Bertz CT molecular complexity index is 862. The van der Waals surface area contributed by atoms with E-state index in [0.717, 1.165) is 24.2 Å². The predicted octanol–water partition coefficient (Wildman–Crippen LogP) is 4.31. The van der Waals surface area contributed by atoms with Crippen molar-refractivity contribution in [2.75, 3.05) is 26.9 Å². The molecular formula is C23H29NO5. The quantitative estimate of drug-likeness (QED) is 0.670. The largest absolute Gasteiger partial charge is 0.493 e. The van der Waals surface area contributed by atoms with Gasteiger partial charge in [0.1, 0.15) is 13.2 Å². The SMILES string of the molecule is CCCCOc1ccc(C(=O)NC(C)(C)c2ccc3c(c2)OCCO3)cc1OC. The molecule has 6 nitrogen and oxygen atoms in total. The van der Waals surface area contributed by atoms with Crippen LogP contribution in [0.25, 0.3) is 0 Å². The van der Waals surface area contributed by atoms with E-state index in [9.17, 15) is 4.79 Å². The van der Waals surface area contributed by atoms with E-state index in [2.05, 4.69) is 12.2 Å². The van der Waals surface area contributed by atoms with E-state index in [1.54, 1.807) is 25.3 Å². The monoisotopic (exact) mass is 399 g/mol. The lowest BCUT2D eigenvalue weighted by molar-refractivity contribution is 0.0911. The molecule has 0 spiro atoms. The van der Waals surface area contributed by atoms with Gasteiger partial charge in [0.25, 0.3) is 5.91 Å². The fourth-order valence-corrected chi connectivity index (χ4v) is 3.11. The van der Waals surface area contributed by atoms with Crippen molar-refractivity contribution >= 4 is 5.91 Å². The van der Waals surface area contributed by atoms with E-state index in [0.29, 0.717) is 42.6 Å². The van der Waals surface area contributed by atoms with Crippen molar-refractivity contribution < 1.29 is 23.7 Å². The number of rotatable bonds is 8. The number of hydrogen-bond acceptors (Lipinski definition) is 5. The molecule has 0 radical (unpaired) electrons. The van der Waals surface area contributed by atoms with Gasteiger partial charge < -0.3 is 24.3 Å². The number of amides is 1. The molecule has 0 unspecified atom stereocenters. The number of methoxy groups -OCH3 is 1. The smallest absolute Gasteiger partial charge is 0.252 e. The van der Waals surface area contributed by atoms with E-state index in [-0.39, 0.29) is 5.91 Å². The van der Waals surface area contributed by atoms with Crippen LogP contribution in [-0.4, -0.2) is 32.8 Å². The molecule has 0 aromatic heterocycles. The molecule has 156 valence electrons. The van der Waals surface area contributed by atoms with Gasteiger partial charge in [0.2, 0.25) is 0 Å². The summed E-state index contributed by atoms with van der Waals surface area (Å²) < 4.78 is 22.4. The number of carbonyl (C=O) groups is 1. The van der Waals surface area contributed by atoms with Crippen LogP contribution in [0.15, 0.2) is 36.4 Å². The topological polar surface area (TPSA) is 66.0 Å². The van der Waals surface area contributed by atoms with Crippen LogP contribution in [-0.2, 0) is 5.54 Å². The third-order valence-electron chi connectivity index (χ3n) is 4.87. The summed E-state index contributed by atoms with van der Waals surface area (Å²) >= 11 is 0. The molecule has 1 amide bonds. The maximum Gasteiger partial charge on any atom is 0.252 e. The fourth-order valence-electron chi connectivity index (χ4n) is 3.11. The molecule has 1 heterocycles. The summed E-state index contributed by atoms with van der Waals surface area (Å²) in [5.74, 6) is 2.43. The molecule has 29 heavy (non-hydrogen) atoms. The van der Waals surface area contributed by atoms with Crippen LogP contribution < -0.4 is 24.3 Å². The molecule has 2 aromatic rings. The van der Waals surface area contributed by atoms with Gasteiger partial charge in [0, 0.05) is 5.56 Å². The summed E-state index contributed by atoms with van der Waals surface area (Å²) in [6, 6.07) is 11.0. The number of nitrogens with one attached hydrogen (secondary N) is 1. The highest BCUT2D eigenvalue weighted by Gasteiger charge is 2.26. The van der Waals surface area contributed by atoms with Crippen molar-refractivity contribution in [2.24, 2.45) is 0 Å². The molecule has 0 atom stereocenters. The van der Waals surface area contributed by atoms with E-state index in [1.807, 2.05) is 32.0 Å². The maximum atomic E-state index is 12.9. The van der Waals surface area contributed by atoms with Gasteiger partial charge in [-0.25, -0.2) is 0 Å². The van der Waals surface area contributed by atoms with E-state index < -0.39 is 5.54 Å². The number of carbonyl (C=O) groups excluding carboxylic acids is 1. The Labute approximate surface area is 172 Å². The Kier molecular flexibility index (Phi) is 6.52. The Balaban J connectivity index is 1.74. The van der Waals surface area contributed by atoms with Crippen LogP contribution in [0.4, 0.5) is 0 Å². The van der Waals surface area contributed by atoms with Gasteiger partial charge in [-0.1, -0.05) is 19.4 Å². The zero-order valence-corrected chi connectivity index (χ0v) is 17.5. The second-order valence-corrected chi connectivity index (χ2v) is 7.51. The molecule has 1 aliphatic rings. The van der Waals surface area contributed by atoms with Gasteiger partial charge in [0.15, 0.2) is 23.0 Å². The summed E-state index contributed by atoms with van der Waals surface area (Å²) in [5.41, 5.74) is 0.841. The van der Waals surface area contributed by atoms with Crippen molar-refractivity contribution in [3.05, 3.63) is 47.5 Å².